The van der Waals surface area contributed by atoms with E-state index in [1.165, 1.54) is 6.42 Å². The highest BCUT2D eigenvalue weighted by atomic mass is 79.9. The molecule has 2 rings (SSSR count). The van der Waals surface area contributed by atoms with E-state index < -0.39 is 5.60 Å². The van der Waals surface area contributed by atoms with Crippen molar-refractivity contribution in [3.8, 4) is 0 Å². The van der Waals surface area contributed by atoms with Crippen LogP contribution in [0.2, 0.25) is 0 Å². The van der Waals surface area contributed by atoms with E-state index in [-0.39, 0.29) is 0 Å². The maximum absolute atomic E-state index is 10.7. The van der Waals surface area contributed by atoms with E-state index in [0.717, 1.165) is 29.3 Å². The third-order valence-electron chi connectivity index (χ3n) is 3.60. The Kier molecular flexibility index (Phi) is 3.17. The fourth-order valence-corrected chi connectivity index (χ4v) is 2.76. The van der Waals surface area contributed by atoms with Crippen LogP contribution < -0.4 is 0 Å². The number of hydrogen-bond acceptors (Lipinski definition) is 1. The molecule has 2 atom stereocenters. The van der Waals surface area contributed by atoms with Crippen LogP contribution in [0, 0.1) is 5.92 Å². The van der Waals surface area contributed by atoms with E-state index in [9.17, 15) is 5.11 Å². The SMILES string of the molecule is C[C@H]1CCCC[C@@]1(O)c1ccc(Br)cc1. The molecular formula is C13H17BrO. The molecule has 1 aliphatic rings. The Balaban J connectivity index is 2.30. The van der Waals surface area contributed by atoms with Crippen LogP contribution >= 0.6 is 15.9 Å². The second kappa shape index (κ2) is 4.26. The van der Waals surface area contributed by atoms with Crippen molar-refractivity contribution < 1.29 is 5.11 Å². The molecule has 82 valence electrons. The van der Waals surface area contributed by atoms with Gasteiger partial charge in [-0.3, -0.25) is 0 Å². The summed E-state index contributed by atoms with van der Waals surface area (Å²) < 4.78 is 1.07. The van der Waals surface area contributed by atoms with Crippen LogP contribution in [0.15, 0.2) is 28.7 Å². The molecule has 0 unspecified atom stereocenters. The molecule has 1 nitrogen and oxygen atoms in total. The van der Waals surface area contributed by atoms with Crippen molar-refractivity contribution in [3.63, 3.8) is 0 Å². The zero-order chi connectivity index (χ0) is 10.9. The molecule has 0 aromatic heterocycles. The van der Waals surface area contributed by atoms with Crippen LogP contribution in [0.3, 0.4) is 0 Å². The van der Waals surface area contributed by atoms with Crippen LogP contribution in [0.1, 0.15) is 38.2 Å². The van der Waals surface area contributed by atoms with Crippen molar-refractivity contribution >= 4 is 15.9 Å². The van der Waals surface area contributed by atoms with Gasteiger partial charge in [0.25, 0.3) is 0 Å². The number of hydrogen-bond donors (Lipinski definition) is 1. The first-order valence-corrected chi connectivity index (χ1v) is 6.40. The Labute approximate surface area is 99.6 Å². The summed E-state index contributed by atoms with van der Waals surface area (Å²) in [6, 6.07) is 8.08. The van der Waals surface area contributed by atoms with Crippen molar-refractivity contribution in [3.05, 3.63) is 34.3 Å². The molecule has 1 aliphatic carbocycles. The molecule has 0 spiro atoms. The second-order valence-electron chi connectivity index (χ2n) is 4.58. The molecule has 15 heavy (non-hydrogen) atoms. The van der Waals surface area contributed by atoms with Crippen LogP contribution in [0.5, 0.6) is 0 Å². The Morgan fingerprint density at radius 2 is 1.93 bits per heavy atom. The molecule has 1 saturated carbocycles. The largest absolute Gasteiger partial charge is 0.385 e. The maximum Gasteiger partial charge on any atom is 0.0921 e. The molecule has 0 bridgehead atoms. The van der Waals surface area contributed by atoms with Crippen molar-refractivity contribution in [2.45, 2.75) is 38.2 Å². The molecule has 0 heterocycles. The molecule has 1 aromatic carbocycles. The van der Waals surface area contributed by atoms with Gasteiger partial charge in [0.1, 0.15) is 0 Å². The zero-order valence-electron chi connectivity index (χ0n) is 9.04. The normalized spacial score (nSPS) is 31.5. The summed E-state index contributed by atoms with van der Waals surface area (Å²) in [6.07, 6.45) is 4.42. The lowest BCUT2D eigenvalue weighted by Gasteiger charge is -2.38. The van der Waals surface area contributed by atoms with Crippen LogP contribution in [-0.2, 0) is 5.60 Å². The van der Waals surface area contributed by atoms with Gasteiger partial charge in [-0.2, -0.15) is 0 Å². The number of rotatable bonds is 1. The lowest BCUT2D eigenvalue weighted by atomic mass is 9.72. The summed E-state index contributed by atoms with van der Waals surface area (Å²) in [5, 5.41) is 10.7. The van der Waals surface area contributed by atoms with Crippen molar-refractivity contribution in [1.82, 2.24) is 0 Å². The van der Waals surface area contributed by atoms with Gasteiger partial charge in [-0.15, -0.1) is 0 Å². The average molecular weight is 269 g/mol. The van der Waals surface area contributed by atoms with Gasteiger partial charge in [0, 0.05) is 4.47 Å². The molecule has 0 saturated heterocycles. The Hall–Kier alpha value is -0.340. The van der Waals surface area contributed by atoms with Crippen LogP contribution in [0.4, 0.5) is 0 Å². The average Bonchev–Trinajstić information content (AvgIpc) is 2.23. The van der Waals surface area contributed by atoms with Gasteiger partial charge in [0.15, 0.2) is 0 Å². The smallest absolute Gasteiger partial charge is 0.0921 e. The van der Waals surface area contributed by atoms with E-state index >= 15 is 0 Å². The van der Waals surface area contributed by atoms with E-state index in [0.29, 0.717) is 5.92 Å². The van der Waals surface area contributed by atoms with Gasteiger partial charge in [-0.25, -0.2) is 0 Å². The molecule has 1 aromatic rings. The van der Waals surface area contributed by atoms with Crippen molar-refractivity contribution in [2.75, 3.05) is 0 Å². The summed E-state index contributed by atoms with van der Waals surface area (Å²) in [6.45, 7) is 2.15. The standard InChI is InChI=1S/C13H17BrO/c1-10-4-2-3-9-13(10,15)11-5-7-12(14)8-6-11/h5-8,10,15H,2-4,9H2,1H3/t10-,13-/m0/s1. The van der Waals surface area contributed by atoms with Gasteiger partial charge in [0.2, 0.25) is 0 Å². The monoisotopic (exact) mass is 268 g/mol. The second-order valence-corrected chi connectivity index (χ2v) is 5.49. The first kappa shape index (κ1) is 11.2. The quantitative estimate of drug-likeness (QED) is 0.821. The Morgan fingerprint density at radius 3 is 2.53 bits per heavy atom. The fourth-order valence-electron chi connectivity index (χ4n) is 2.50. The van der Waals surface area contributed by atoms with E-state index in [1.54, 1.807) is 0 Å². The molecule has 0 aliphatic heterocycles. The minimum atomic E-state index is -0.598. The molecule has 1 fully saturated rings. The number of benzene rings is 1. The minimum Gasteiger partial charge on any atom is -0.385 e. The highest BCUT2D eigenvalue weighted by Crippen LogP contribution is 2.41. The van der Waals surface area contributed by atoms with Gasteiger partial charge in [-0.1, -0.05) is 47.8 Å². The summed E-state index contributed by atoms with van der Waals surface area (Å²) >= 11 is 3.42. The predicted molar refractivity (Wildman–Crippen MR) is 65.7 cm³/mol. The number of halogens is 1. The molecule has 0 radical (unpaired) electrons. The lowest BCUT2D eigenvalue weighted by molar-refractivity contribution is -0.0469. The van der Waals surface area contributed by atoms with Gasteiger partial charge in [-0.05, 0) is 36.5 Å². The van der Waals surface area contributed by atoms with Crippen LogP contribution in [-0.4, -0.2) is 5.11 Å². The lowest BCUT2D eigenvalue weighted by Crippen LogP contribution is -2.36. The summed E-state index contributed by atoms with van der Waals surface area (Å²) in [4.78, 5) is 0. The van der Waals surface area contributed by atoms with Gasteiger partial charge >= 0.3 is 0 Å². The number of aliphatic hydroxyl groups is 1. The minimum absolute atomic E-state index is 0.368. The first-order valence-electron chi connectivity index (χ1n) is 5.61. The Bertz CT molecular complexity index is 333. The first-order chi connectivity index (χ1) is 7.13. The van der Waals surface area contributed by atoms with E-state index in [4.69, 9.17) is 0 Å². The third kappa shape index (κ3) is 2.11. The topological polar surface area (TPSA) is 20.2 Å². The summed E-state index contributed by atoms with van der Waals surface area (Å²) in [5.41, 5.74) is 0.469. The summed E-state index contributed by atoms with van der Waals surface area (Å²) in [5.74, 6) is 0.368. The maximum atomic E-state index is 10.7. The molecular weight excluding hydrogens is 252 g/mol. The third-order valence-corrected chi connectivity index (χ3v) is 4.13. The molecule has 1 N–H and O–H groups in total. The van der Waals surface area contributed by atoms with Crippen molar-refractivity contribution in [1.29, 1.82) is 0 Å². The van der Waals surface area contributed by atoms with Gasteiger partial charge < -0.3 is 5.11 Å². The van der Waals surface area contributed by atoms with E-state index in [1.807, 2.05) is 24.3 Å². The van der Waals surface area contributed by atoms with E-state index in [2.05, 4.69) is 22.9 Å². The molecule has 2 heteroatoms. The van der Waals surface area contributed by atoms with Crippen molar-refractivity contribution in [2.24, 2.45) is 5.92 Å². The fraction of sp³-hybridized carbons (Fsp3) is 0.538. The summed E-state index contributed by atoms with van der Waals surface area (Å²) in [7, 11) is 0. The Morgan fingerprint density at radius 1 is 1.27 bits per heavy atom. The highest BCUT2D eigenvalue weighted by Gasteiger charge is 2.37. The van der Waals surface area contributed by atoms with Crippen LogP contribution in [0.25, 0.3) is 0 Å². The zero-order valence-corrected chi connectivity index (χ0v) is 10.6. The highest BCUT2D eigenvalue weighted by molar-refractivity contribution is 9.10. The van der Waals surface area contributed by atoms with Gasteiger partial charge in [0.05, 0.1) is 5.60 Å². The predicted octanol–water partition coefficient (Wildman–Crippen LogP) is 3.85. The molecule has 0 amide bonds.